The maximum Gasteiger partial charge on any atom is 0.130 e. The van der Waals surface area contributed by atoms with Crippen molar-refractivity contribution in [2.24, 2.45) is 5.73 Å². The molecule has 1 aromatic heterocycles. The molecule has 0 saturated heterocycles. The third-order valence-electron chi connectivity index (χ3n) is 2.56. The number of halogens is 1. The molecule has 1 aromatic carbocycles. The minimum absolute atomic E-state index is 0.454. The smallest absolute Gasteiger partial charge is 0.130 e. The van der Waals surface area contributed by atoms with Crippen LogP contribution in [0.5, 0.6) is 5.75 Å². The normalized spacial score (nSPS) is 10.4. The fourth-order valence-corrected chi connectivity index (χ4v) is 2.09. The number of hydrogen-bond acceptors (Lipinski definition) is 3. The summed E-state index contributed by atoms with van der Waals surface area (Å²) in [6, 6.07) is 11.7. The Bertz CT molecular complexity index is 543. The summed E-state index contributed by atoms with van der Waals surface area (Å²) < 4.78 is 6.76. The van der Waals surface area contributed by atoms with E-state index in [1.165, 1.54) is 0 Å². The average Bonchev–Trinajstić information content (AvgIpc) is 2.37. The first-order valence-corrected chi connectivity index (χ1v) is 6.52. The first kappa shape index (κ1) is 13.1. The molecule has 0 aliphatic rings. The molecule has 0 bridgehead atoms. The molecule has 0 saturated carbocycles. The summed E-state index contributed by atoms with van der Waals surface area (Å²) in [5.74, 6) is 0.809. The lowest BCUT2D eigenvalue weighted by molar-refractivity contribution is 0.298. The molecule has 2 rings (SSSR count). The summed E-state index contributed by atoms with van der Waals surface area (Å²) in [6.07, 6.45) is 0. The van der Waals surface area contributed by atoms with Gasteiger partial charge in [-0.25, -0.2) is 0 Å². The Labute approximate surface area is 115 Å². The molecule has 4 heteroatoms. The molecule has 2 aromatic rings. The predicted molar refractivity (Wildman–Crippen MR) is 75.3 cm³/mol. The SMILES string of the molecule is Cc1cccc(COc2ccc(Br)cc2CN)n1. The average molecular weight is 307 g/mol. The van der Waals surface area contributed by atoms with Crippen molar-refractivity contribution in [3.8, 4) is 5.75 Å². The molecule has 0 aliphatic heterocycles. The van der Waals surface area contributed by atoms with Crippen molar-refractivity contribution in [1.29, 1.82) is 0 Å². The van der Waals surface area contributed by atoms with Gasteiger partial charge in [0.15, 0.2) is 0 Å². The Hall–Kier alpha value is -1.39. The Morgan fingerprint density at radius 2 is 2.11 bits per heavy atom. The molecule has 0 spiro atoms. The zero-order chi connectivity index (χ0) is 13.0. The maximum absolute atomic E-state index is 5.76. The number of nitrogens with two attached hydrogens (primary N) is 1. The summed E-state index contributed by atoms with van der Waals surface area (Å²) in [7, 11) is 0. The first-order chi connectivity index (χ1) is 8.69. The highest BCUT2D eigenvalue weighted by atomic mass is 79.9. The molecule has 0 atom stereocenters. The topological polar surface area (TPSA) is 48.1 Å². The first-order valence-electron chi connectivity index (χ1n) is 5.73. The fourth-order valence-electron chi connectivity index (χ4n) is 1.68. The van der Waals surface area contributed by atoms with Gasteiger partial charge in [0.1, 0.15) is 12.4 Å². The Balaban J connectivity index is 2.10. The quantitative estimate of drug-likeness (QED) is 0.943. The zero-order valence-electron chi connectivity index (χ0n) is 10.2. The molecule has 0 unspecified atom stereocenters. The van der Waals surface area contributed by atoms with E-state index in [9.17, 15) is 0 Å². The molecule has 1 heterocycles. The van der Waals surface area contributed by atoms with Crippen LogP contribution in [-0.2, 0) is 13.2 Å². The van der Waals surface area contributed by atoms with Crippen LogP contribution in [0, 0.1) is 6.92 Å². The van der Waals surface area contributed by atoms with E-state index in [4.69, 9.17) is 10.5 Å². The molecular weight excluding hydrogens is 292 g/mol. The molecule has 2 N–H and O–H groups in total. The van der Waals surface area contributed by atoms with Gasteiger partial charge >= 0.3 is 0 Å². The van der Waals surface area contributed by atoms with Gasteiger partial charge in [0, 0.05) is 22.3 Å². The third-order valence-corrected chi connectivity index (χ3v) is 3.06. The van der Waals surface area contributed by atoms with Crippen molar-refractivity contribution in [1.82, 2.24) is 4.98 Å². The third kappa shape index (κ3) is 3.31. The highest BCUT2D eigenvalue weighted by molar-refractivity contribution is 9.10. The minimum atomic E-state index is 0.454. The van der Waals surface area contributed by atoms with Gasteiger partial charge in [-0.05, 0) is 37.3 Å². The van der Waals surface area contributed by atoms with Crippen LogP contribution >= 0.6 is 15.9 Å². The lowest BCUT2D eigenvalue weighted by Crippen LogP contribution is -2.04. The van der Waals surface area contributed by atoms with Gasteiger partial charge in [-0.1, -0.05) is 22.0 Å². The van der Waals surface area contributed by atoms with Crippen LogP contribution < -0.4 is 10.5 Å². The van der Waals surface area contributed by atoms with Gasteiger partial charge < -0.3 is 10.5 Å². The molecule has 0 radical (unpaired) electrons. The van der Waals surface area contributed by atoms with E-state index in [1.807, 2.05) is 43.3 Å². The molecule has 0 amide bonds. The van der Waals surface area contributed by atoms with Crippen LogP contribution in [0.15, 0.2) is 40.9 Å². The van der Waals surface area contributed by atoms with Gasteiger partial charge in [-0.3, -0.25) is 4.98 Å². The summed E-state index contributed by atoms with van der Waals surface area (Å²) in [4.78, 5) is 4.40. The number of ether oxygens (including phenoxy) is 1. The van der Waals surface area contributed by atoms with E-state index in [2.05, 4.69) is 20.9 Å². The monoisotopic (exact) mass is 306 g/mol. The van der Waals surface area contributed by atoms with Crippen molar-refractivity contribution in [3.63, 3.8) is 0 Å². The summed E-state index contributed by atoms with van der Waals surface area (Å²) in [6.45, 7) is 2.88. The summed E-state index contributed by atoms with van der Waals surface area (Å²) >= 11 is 3.42. The fraction of sp³-hybridized carbons (Fsp3) is 0.214. The second kappa shape index (κ2) is 5.98. The van der Waals surface area contributed by atoms with Crippen molar-refractivity contribution in [3.05, 3.63) is 57.8 Å². The van der Waals surface area contributed by atoms with Gasteiger partial charge in [-0.2, -0.15) is 0 Å². The summed E-state index contributed by atoms with van der Waals surface area (Å²) in [5, 5.41) is 0. The number of pyridine rings is 1. The molecule has 3 nitrogen and oxygen atoms in total. The van der Waals surface area contributed by atoms with E-state index in [0.29, 0.717) is 13.2 Å². The Morgan fingerprint density at radius 1 is 1.28 bits per heavy atom. The Kier molecular flexibility index (Phi) is 4.33. The zero-order valence-corrected chi connectivity index (χ0v) is 11.8. The van der Waals surface area contributed by atoms with Crippen LogP contribution in [0.4, 0.5) is 0 Å². The Morgan fingerprint density at radius 3 is 2.83 bits per heavy atom. The van der Waals surface area contributed by atoms with Gasteiger partial charge in [-0.15, -0.1) is 0 Å². The number of hydrogen-bond donors (Lipinski definition) is 1. The number of nitrogens with zero attached hydrogens (tertiary/aromatic N) is 1. The molecule has 0 fully saturated rings. The predicted octanol–water partition coefficient (Wildman–Crippen LogP) is 3.19. The van der Waals surface area contributed by atoms with E-state index in [0.717, 1.165) is 27.2 Å². The largest absolute Gasteiger partial charge is 0.487 e. The van der Waals surface area contributed by atoms with Crippen LogP contribution in [-0.4, -0.2) is 4.98 Å². The molecule has 0 aliphatic carbocycles. The van der Waals surface area contributed by atoms with Crippen LogP contribution in [0.2, 0.25) is 0 Å². The number of aryl methyl sites for hydroxylation is 1. The number of benzene rings is 1. The number of aromatic nitrogens is 1. The van der Waals surface area contributed by atoms with Crippen molar-refractivity contribution >= 4 is 15.9 Å². The summed E-state index contributed by atoms with van der Waals surface area (Å²) in [5.41, 5.74) is 8.59. The second-order valence-corrected chi connectivity index (χ2v) is 4.93. The van der Waals surface area contributed by atoms with Crippen molar-refractivity contribution in [2.45, 2.75) is 20.1 Å². The van der Waals surface area contributed by atoms with Crippen molar-refractivity contribution < 1.29 is 4.74 Å². The second-order valence-electron chi connectivity index (χ2n) is 4.02. The van der Waals surface area contributed by atoms with Crippen molar-refractivity contribution in [2.75, 3.05) is 0 Å². The van der Waals surface area contributed by atoms with Gasteiger partial charge in [0.2, 0.25) is 0 Å². The lowest BCUT2D eigenvalue weighted by Gasteiger charge is -2.10. The highest BCUT2D eigenvalue weighted by Crippen LogP contribution is 2.23. The maximum atomic E-state index is 5.76. The van der Waals surface area contributed by atoms with E-state index >= 15 is 0 Å². The van der Waals surface area contributed by atoms with Gasteiger partial charge in [0.05, 0.1) is 5.69 Å². The molecular formula is C14H15BrN2O. The highest BCUT2D eigenvalue weighted by Gasteiger charge is 2.04. The van der Waals surface area contributed by atoms with Gasteiger partial charge in [0.25, 0.3) is 0 Å². The van der Waals surface area contributed by atoms with E-state index < -0.39 is 0 Å². The van der Waals surface area contributed by atoms with Crippen LogP contribution in [0.1, 0.15) is 17.0 Å². The van der Waals surface area contributed by atoms with E-state index in [1.54, 1.807) is 0 Å². The number of rotatable bonds is 4. The van der Waals surface area contributed by atoms with E-state index in [-0.39, 0.29) is 0 Å². The molecule has 18 heavy (non-hydrogen) atoms. The van der Waals surface area contributed by atoms with Crippen LogP contribution in [0.3, 0.4) is 0 Å². The minimum Gasteiger partial charge on any atom is -0.487 e. The lowest BCUT2D eigenvalue weighted by atomic mass is 10.2. The molecule has 94 valence electrons. The van der Waals surface area contributed by atoms with Crippen LogP contribution in [0.25, 0.3) is 0 Å². The standard InChI is InChI=1S/C14H15BrN2O/c1-10-3-2-4-13(17-10)9-18-14-6-5-12(15)7-11(14)8-16/h2-7H,8-9,16H2,1H3.